The number of benzene rings is 7. The summed E-state index contributed by atoms with van der Waals surface area (Å²) in [5.74, 6) is 5.19. The van der Waals surface area contributed by atoms with Gasteiger partial charge in [-0.1, -0.05) is 169 Å². The Hall–Kier alpha value is -6.72. The van der Waals surface area contributed by atoms with E-state index in [1.54, 1.807) is 0 Å². The second-order valence-electron chi connectivity index (χ2n) is 13.1. The molecule has 52 heavy (non-hydrogen) atoms. The van der Waals surface area contributed by atoms with E-state index in [0.717, 1.165) is 67.0 Å². The minimum atomic E-state index is -0.180. The van der Waals surface area contributed by atoms with Gasteiger partial charge in [0.1, 0.15) is 23.0 Å². The van der Waals surface area contributed by atoms with Crippen LogP contribution in [0.3, 0.4) is 0 Å². The summed E-state index contributed by atoms with van der Waals surface area (Å²) in [5, 5.41) is 0. The van der Waals surface area contributed by atoms with Crippen LogP contribution in [0.15, 0.2) is 176 Å². The van der Waals surface area contributed by atoms with Crippen LogP contribution >= 0.6 is 0 Å². The lowest BCUT2D eigenvalue weighted by Crippen LogP contribution is -2.60. The number of rotatable bonds is 5. The van der Waals surface area contributed by atoms with E-state index >= 15 is 0 Å². The molecule has 10 rings (SSSR count). The zero-order valence-electron chi connectivity index (χ0n) is 28.1. The summed E-state index contributed by atoms with van der Waals surface area (Å²) in [4.78, 5) is 15.0. The summed E-state index contributed by atoms with van der Waals surface area (Å²) in [7, 11) is 0. The fraction of sp³-hybridized carbons (Fsp3) is 0. The van der Waals surface area contributed by atoms with Crippen molar-refractivity contribution >= 4 is 46.2 Å². The molecule has 0 aliphatic carbocycles. The van der Waals surface area contributed by atoms with Crippen LogP contribution in [0.1, 0.15) is 0 Å². The highest BCUT2D eigenvalue weighted by Crippen LogP contribution is 2.32. The molecular weight excluding hydrogens is 636 g/mol. The highest BCUT2D eigenvalue weighted by molar-refractivity contribution is 7.00. The molecule has 0 radical (unpaired) electrons. The molecule has 242 valence electrons. The number of nitrogens with zero attached hydrogens (tertiary/aromatic N) is 3. The Kier molecular flexibility index (Phi) is 7.28. The Bertz CT molecular complexity index is 2540. The molecule has 0 N–H and O–H groups in total. The van der Waals surface area contributed by atoms with Gasteiger partial charge in [-0.05, 0) is 34.6 Å². The Labute approximate surface area is 302 Å². The fourth-order valence-corrected chi connectivity index (χ4v) is 7.62. The van der Waals surface area contributed by atoms with Crippen molar-refractivity contribution in [3.8, 4) is 57.2 Å². The van der Waals surface area contributed by atoms with Gasteiger partial charge in [0.2, 0.25) is 0 Å². The summed E-state index contributed by atoms with van der Waals surface area (Å²) in [5.41, 5.74) is 9.42. The van der Waals surface area contributed by atoms with Gasteiger partial charge >= 0.3 is 0 Å². The van der Waals surface area contributed by atoms with Crippen LogP contribution in [-0.2, 0) is 0 Å². The molecule has 0 fully saturated rings. The third-order valence-corrected chi connectivity index (χ3v) is 9.99. The van der Waals surface area contributed by atoms with E-state index in [0.29, 0.717) is 17.5 Å². The van der Waals surface area contributed by atoms with E-state index in [9.17, 15) is 0 Å². The minimum Gasteiger partial charge on any atom is -0.459 e. The van der Waals surface area contributed by atoms with Crippen LogP contribution in [0.5, 0.6) is 23.0 Å². The first-order valence-electron chi connectivity index (χ1n) is 17.5. The summed E-state index contributed by atoms with van der Waals surface area (Å²) in [6.45, 7) is -0.172. The molecule has 0 unspecified atom stereocenters. The smallest absolute Gasteiger partial charge is 0.255 e. The van der Waals surface area contributed by atoms with E-state index in [1.165, 1.54) is 5.46 Å². The third-order valence-electron chi connectivity index (χ3n) is 9.99. The summed E-state index contributed by atoms with van der Waals surface area (Å²) >= 11 is 0. The van der Waals surface area contributed by atoms with Gasteiger partial charge in [-0.3, -0.25) is 0 Å². The highest BCUT2D eigenvalue weighted by atomic mass is 16.5. The van der Waals surface area contributed by atoms with Crippen LogP contribution in [0, 0.1) is 0 Å². The van der Waals surface area contributed by atoms with Crippen LogP contribution in [0.2, 0.25) is 0 Å². The Morgan fingerprint density at radius 2 is 0.846 bits per heavy atom. The minimum absolute atomic E-state index is 0.00800. The molecule has 3 heterocycles. The Morgan fingerprint density at radius 3 is 1.50 bits per heavy atom. The van der Waals surface area contributed by atoms with Crippen LogP contribution in [0.25, 0.3) is 34.2 Å². The predicted molar refractivity (Wildman–Crippen MR) is 211 cm³/mol. The van der Waals surface area contributed by atoms with Gasteiger partial charge in [0.25, 0.3) is 13.4 Å². The number of ether oxygens (including phenoxy) is 2. The van der Waals surface area contributed by atoms with Gasteiger partial charge in [0.15, 0.2) is 17.5 Å². The standard InChI is InChI=1S/C45H29B2N3O2/c1-4-15-30(16-5-1)43-48-44(31-17-6-2-7-18-31)50-45(49-43)32-19-14-22-34(29-32)47-36-24-11-12-25-38(36)51-40-28-27-37-42(41(40)47)52-39-26-13-10-23-35(39)46(37)33-20-8-3-9-21-33/h1-29H. The molecule has 7 heteroatoms. The van der Waals surface area contributed by atoms with E-state index < -0.39 is 0 Å². The molecule has 0 spiro atoms. The maximum atomic E-state index is 6.93. The Morgan fingerprint density at radius 1 is 0.346 bits per heavy atom. The highest BCUT2D eigenvalue weighted by Gasteiger charge is 2.41. The van der Waals surface area contributed by atoms with Crippen molar-refractivity contribution in [2.45, 2.75) is 0 Å². The van der Waals surface area contributed by atoms with E-state index in [4.69, 9.17) is 24.4 Å². The number of hydrogen-bond donors (Lipinski definition) is 0. The van der Waals surface area contributed by atoms with Crippen LogP contribution < -0.4 is 42.3 Å². The first-order valence-corrected chi connectivity index (χ1v) is 17.5. The lowest BCUT2D eigenvalue weighted by molar-refractivity contribution is 0.469. The molecule has 7 aromatic carbocycles. The zero-order chi connectivity index (χ0) is 34.4. The van der Waals surface area contributed by atoms with E-state index in [1.807, 2.05) is 78.9 Å². The molecule has 1 aromatic heterocycles. The van der Waals surface area contributed by atoms with Gasteiger partial charge in [-0.2, -0.15) is 0 Å². The van der Waals surface area contributed by atoms with E-state index in [2.05, 4.69) is 97.1 Å². The van der Waals surface area contributed by atoms with Crippen molar-refractivity contribution in [3.05, 3.63) is 176 Å². The van der Waals surface area contributed by atoms with Crippen LogP contribution in [0.4, 0.5) is 0 Å². The molecule has 8 aromatic rings. The largest absolute Gasteiger partial charge is 0.459 e. The average Bonchev–Trinajstić information content (AvgIpc) is 3.22. The second kappa shape index (κ2) is 12.6. The molecule has 2 aliphatic heterocycles. The van der Waals surface area contributed by atoms with Gasteiger partial charge in [0.05, 0.1) is 0 Å². The van der Waals surface area contributed by atoms with Crippen molar-refractivity contribution in [2.75, 3.05) is 0 Å². The molecule has 0 bridgehead atoms. The molecule has 0 saturated carbocycles. The average molecular weight is 665 g/mol. The van der Waals surface area contributed by atoms with Crippen molar-refractivity contribution in [1.82, 2.24) is 15.0 Å². The quantitative estimate of drug-likeness (QED) is 0.208. The topological polar surface area (TPSA) is 57.1 Å². The third kappa shape index (κ3) is 5.17. The molecular formula is C45H29B2N3O2. The van der Waals surface area contributed by atoms with Gasteiger partial charge in [0, 0.05) is 22.2 Å². The fourth-order valence-electron chi connectivity index (χ4n) is 7.62. The summed E-state index contributed by atoms with van der Waals surface area (Å²) in [6, 6.07) is 60.3. The SMILES string of the molecule is c1ccc(B2c3ccccc3Oc3c2ccc2c3B(c3cccc(-c4nc(-c5ccccc5)nc(-c5ccccc5)n4)c3)c3ccccc3O2)cc1. The second-order valence-corrected chi connectivity index (χ2v) is 13.1. The first kappa shape index (κ1) is 30.1. The molecule has 0 amide bonds. The van der Waals surface area contributed by atoms with Gasteiger partial charge < -0.3 is 9.47 Å². The number of hydrogen-bond acceptors (Lipinski definition) is 5. The maximum absolute atomic E-state index is 6.93. The van der Waals surface area contributed by atoms with Crippen molar-refractivity contribution in [2.24, 2.45) is 0 Å². The molecule has 5 nitrogen and oxygen atoms in total. The zero-order valence-corrected chi connectivity index (χ0v) is 28.1. The first-order chi connectivity index (χ1) is 25.8. The maximum Gasteiger partial charge on any atom is 0.255 e. The van der Waals surface area contributed by atoms with E-state index in [-0.39, 0.29) is 13.4 Å². The summed E-state index contributed by atoms with van der Waals surface area (Å²) in [6.07, 6.45) is 0. The van der Waals surface area contributed by atoms with Crippen molar-refractivity contribution in [3.63, 3.8) is 0 Å². The number of aromatic nitrogens is 3. The molecule has 0 saturated heterocycles. The number of para-hydroxylation sites is 2. The van der Waals surface area contributed by atoms with Gasteiger partial charge in [-0.15, -0.1) is 0 Å². The summed E-state index contributed by atoms with van der Waals surface area (Å²) < 4.78 is 13.6. The lowest BCUT2D eigenvalue weighted by atomic mass is 9.32. The number of fused-ring (bicyclic) bond motifs is 5. The van der Waals surface area contributed by atoms with Gasteiger partial charge in [-0.25, -0.2) is 15.0 Å². The lowest BCUT2D eigenvalue weighted by Gasteiger charge is -2.33. The van der Waals surface area contributed by atoms with Crippen molar-refractivity contribution < 1.29 is 9.47 Å². The Balaban J connectivity index is 1.16. The molecule has 0 atom stereocenters. The molecule has 2 aliphatic rings. The van der Waals surface area contributed by atoms with Crippen LogP contribution in [-0.4, -0.2) is 28.4 Å². The monoisotopic (exact) mass is 665 g/mol. The van der Waals surface area contributed by atoms with Crippen molar-refractivity contribution in [1.29, 1.82) is 0 Å². The predicted octanol–water partition coefficient (Wildman–Crippen LogP) is 6.12. The normalized spacial score (nSPS) is 12.5.